The first kappa shape index (κ1) is 15.2. The van der Waals surface area contributed by atoms with E-state index in [4.69, 9.17) is 11.6 Å². The Morgan fingerprint density at radius 2 is 2.20 bits per heavy atom. The first-order valence-corrected chi connectivity index (χ1v) is 7.72. The van der Waals surface area contributed by atoms with Gasteiger partial charge in [-0.3, -0.25) is 4.79 Å². The zero-order valence-electron chi connectivity index (χ0n) is 12.4. The molecule has 0 bridgehead atoms. The first-order valence-electron chi connectivity index (χ1n) is 7.34. The molecule has 0 spiro atoms. The van der Waals surface area contributed by atoms with Crippen LogP contribution < -0.4 is 0 Å². The summed E-state index contributed by atoms with van der Waals surface area (Å²) in [5.74, 6) is 1.45. The summed E-state index contributed by atoms with van der Waals surface area (Å²) in [6.45, 7) is 7.67. The van der Waals surface area contributed by atoms with Crippen LogP contribution in [0.25, 0.3) is 0 Å². The lowest BCUT2D eigenvalue weighted by molar-refractivity contribution is 0.0741. The summed E-state index contributed by atoms with van der Waals surface area (Å²) in [6.07, 6.45) is 4.93. The summed E-state index contributed by atoms with van der Waals surface area (Å²) >= 11 is 6.12. The van der Waals surface area contributed by atoms with Gasteiger partial charge in [0.15, 0.2) is 5.69 Å². The van der Waals surface area contributed by atoms with Crippen LogP contribution in [0, 0.1) is 5.92 Å². The highest BCUT2D eigenvalue weighted by atomic mass is 35.5. The molecule has 1 aromatic rings. The number of aromatic nitrogens is 2. The van der Waals surface area contributed by atoms with Crippen LogP contribution in [-0.2, 0) is 0 Å². The zero-order chi connectivity index (χ0) is 14.7. The summed E-state index contributed by atoms with van der Waals surface area (Å²) in [6, 6.07) is 0. The van der Waals surface area contributed by atoms with E-state index >= 15 is 0 Å². The van der Waals surface area contributed by atoms with Crippen molar-refractivity contribution in [2.24, 2.45) is 5.92 Å². The third-order valence-electron chi connectivity index (χ3n) is 3.44. The van der Waals surface area contributed by atoms with Gasteiger partial charge in [-0.25, -0.2) is 9.97 Å². The number of carbonyl (C=O) groups is 1. The summed E-state index contributed by atoms with van der Waals surface area (Å²) in [5.41, 5.74) is 0.347. The van der Waals surface area contributed by atoms with Gasteiger partial charge in [0, 0.05) is 19.0 Å². The highest BCUT2D eigenvalue weighted by Gasteiger charge is 2.28. The average Bonchev–Trinajstić information content (AvgIpc) is 3.21. The van der Waals surface area contributed by atoms with E-state index < -0.39 is 0 Å². The summed E-state index contributed by atoms with van der Waals surface area (Å²) in [5, 5.41) is 0.344. The molecule has 5 heteroatoms. The van der Waals surface area contributed by atoms with Gasteiger partial charge in [-0.1, -0.05) is 32.4 Å². The average molecular weight is 296 g/mol. The molecular formula is C15H22ClN3O. The maximum Gasteiger partial charge on any atom is 0.274 e. The zero-order valence-corrected chi connectivity index (χ0v) is 13.2. The van der Waals surface area contributed by atoms with Gasteiger partial charge in [0.25, 0.3) is 5.91 Å². The molecule has 1 aliphatic rings. The van der Waals surface area contributed by atoms with Crippen LogP contribution in [0.15, 0.2) is 6.20 Å². The van der Waals surface area contributed by atoms with Crippen LogP contribution in [0.5, 0.6) is 0 Å². The second kappa shape index (κ2) is 6.53. The number of carbonyl (C=O) groups excluding carboxylic acids is 1. The normalized spacial score (nSPS) is 14.7. The van der Waals surface area contributed by atoms with Gasteiger partial charge in [0.1, 0.15) is 5.82 Å². The number of halogens is 1. The SMILES string of the molecule is CCCN(CC1CC1)C(=O)c1nc(C(C)C)ncc1Cl. The number of amides is 1. The maximum absolute atomic E-state index is 12.6. The van der Waals surface area contributed by atoms with E-state index in [1.165, 1.54) is 12.8 Å². The van der Waals surface area contributed by atoms with Crippen LogP contribution in [0.1, 0.15) is 62.3 Å². The van der Waals surface area contributed by atoms with Crippen molar-refractivity contribution in [3.05, 3.63) is 22.7 Å². The van der Waals surface area contributed by atoms with Crippen molar-refractivity contribution in [1.29, 1.82) is 0 Å². The molecular weight excluding hydrogens is 274 g/mol. The van der Waals surface area contributed by atoms with Crippen LogP contribution in [0.4, 0.5) is 0 Å². The predicted octanol–water partition coefficient (Wildman–Crippen LogP) is 3.52. The van der Waals surface area contributed by atoms with Crippen LogP contribution in [0.3, 0.4) is 0 Å². The Hall–Kier alpha value is -1.16. The minimum Gasteiger partial charge on any atom is -0.337 e. The van der Waals surface area contributed by atoms with Crippen molar-refractivity contribution in [3.8, 4) is 0 Å². The van der Waals surface area contributed by atoms with Gasteiger partial charge < -0.3 is 4.90 Å². The van der Waals surface area contributed by atoms with E-state index in [-0.39, 0.29) is 11.8 Å². The van der Waals surface area contributed by atoms with E-state index in [0.717, 1.165) is 19.5 Å². The van der Waals surface area contributed by atoms with Gasteiger partial charge in [-0.05, 0) is 25.2 Å². The Morgan fingerprint density at radius 1 is 1.50 bits per heavy atom. The van der Waals surface area contributed by atoms with Crippen LogP contribution >= 0.6 is 11.6 Å². The fraction of sp³-hybridized carbons (Fsp3) is 0.667. The highest BCUT2D eigenvalue weighted by molar-refractivity contribution is 6.33. The highest BCUT2D eigenvalue weighted by Crippen LogP contribution is 2.30. The van der Waals surface area contributed by atoms with Gasteiger partial charge in [0.05, 0.1) is 11.2 Å². The third-order valence-corrected chi connectivity index (χ3v) is 3.71. The van der Waals surface area contributed by atoms with E-state index in [2.05, 4.69) is 16.9 Å². The minimum absolute atomic E-state index is 0.0620. The van der Waals surface area contributed by atoms with Crippen molar-refractivity contribution in [2.75, 3.05) is 13.1 Å². The third kappa shape index (κ3) is 3.69. The molecule has 0 saturated heterocycles. The van der Waals surface area contributed by atoms with Gasteiger partial charge in [-0.15, -0.1) is 0 Å². The molecule has 0 aliphatic heterocycles. The van der Waals surface area contributed by atoms with Crippen LogP contribution in [0.2, 0.25) is 5.02 Å². The van der Waals surface area contributed by atoms with Crippen molar-refractivity contribution >= 4 is 17.5 Å². The number of hydrogen-bond acceptors (Lipinski definition) is 3. The number of nitrogens with zero attached hydrogens (tertiary/aromatic N) is 3. The first-order chi connectivity index (χ1) is 9.52. The lowest BCUT2D eigenvalue weighted by Gasteiger charge is -2.22. The van der Waals surface area contributed by atoms with Crippen molar-refractivity contribution < 1.29 is 4.79 Å². The Balaban J connectivity index is 2.22. The second-order valence-electron chi connectivity index (χ2n) is 5.77. The topological polar surface area (TPSA) is 46.1 Å². The molecule has 1 saturated carbocycles. The molecule has 1 fully saturated rings. The molecule has 20 heavy (non-hydrogen) atoms. The molecule has 0 aromatic carbocycles. The van der Waals surface area contributed by atoms with Gasteiger partial charge in [0.2, 0.25) is 0 Å². The summed E-state index contributed by atoms with van der Waals surface area (Å²) in [7, 11) is 0. The smallest absolute Gasteiger partial charge is 0.274 e. The molecule has 0 N–H and O–H groups in total. The van der Waals surface area contributed by atoms with Crippen molar-refractivity contribution in [1.82, 2.24) is 14.9 Å². The molecule has 1 amide bonds. The van der Waals surface area contributed by atoms with Gasteiger partial charge >= 0.3 is 0 Å². The molecule has 4 nitrogen and oxygen atoms in total. The number of rotatable bonds is 6. The standard InChI is InChI=1S/C15H22ClN3O/c1-4-7-19(9-11-5-6-11)15(20)13-12(16)8-17-14(18-13)10(2)3/h8,10-11H,4-7,9H2,1-3H3. The Morgan fingerprint density at radius 3 is 2.75 bits per heavy atom. The fourth-order valence-electron chi connectivity index (χ4n) is 2.12. The molecule has 0 radical (unpaired) electrons. The van der Waals surface area contributed by atoms with Crippen LogP contribution in [-0.4, -0.2) is 33.9 Å². The molecule has 1 heterocycles. The quantitative estimate of drug-likeness (QED) is 0.807. The summed E-state index contributed by atoms with van der Waals surface area (Å²) in [4.78, 5) is 23.1. The molecule has 2 rings (SSSR count). The lowest BCUT2D eigenvalue weighted by atomic mass is 10.2. The van der Waals surface area contributed by atoms with Gasteiger partial charge in [-0.2, -0.15) is 0 Å². The predicted molar refractivity (Wildman–Crippen MR) is 80.0 cm³/mol. The fourth-order valence-corrected chi connectivity index (χ4v) is 2.29. The second-order valence-corrected chi connectivity index (χ2v) is 6.18. The molecule has 0 atom stereocenters. The van der Waals surface area contributed by atoms with Crippen molar-refractivity contribution in [2.45, 2.75) is 46.0 Å². The van der Waals surface area contributed by atoms with Crippen molar-refractivity contribution in [3.63, 3.8) is 0 Å². The molecule has 1 aliphatic carbocycles. The largest absolute Gasteiger partial charge is 0.337 e. The minimum atomic E-state index is -0.0620. The van der Waals surface area contributed by atoms with E-state index in [1.807, 2.05) is 18.7 Å². The molecule has 0 unspecified atom stereocenters. The molecule has 1 aromatic heterocycles. The Bertz CT molecular complexity index is 486. The van der Waals surface area contributed by atoms with E-state index in [9.17, 15) is 4.79 Å². The summed E-state index contributed by atoms with van der Waals surface area (Å²) < 4.78 is 0. The Kier molecular flexibility index (Phi) is 4.97. The monoisotopic (exact) mass is 295 g/mol. The van der Waals surface area contributed by atoms with E-state index in [1.54, 1.807) is 6.20 Å². The number of hydrogen-bond donors (Lipinski definition) is 0. The Labute approximate surface area is 125 Å². The molecule has 110 valence electrons. The van der Waals surface area contributed by atoms with E-state index in [0.29, 0.717) is 22.5 Å². The maximum atomic E-state index is 12.6. The lowest BCUT2D eigenvalue weighted by Crippen LogP contribution is -2.34.